The van der Waals surface area contributed by atoms with Crippen molar-refractivity contribution >= 4 is 11.8 Å². The van der Waals surface area contributed by atoms with Crippen molar-refractivity contribution < 1.29 is 22.8 Å². The van der Waals surface area contributed by atoms with Crippen LogP contribution in [-0.4, -0.2) is 43.2 Å². The molecule has 0 saturated carbocycles. The Labute approximate surface area is 114 Å². The third-order valence-electron chi connectivity index (χ3n) is 3.73. The highest BCUT2D eigenvalue weighted by molar-refractivity contribution is 6.01. The third kappa shape index (κ3) is 3.62. The SMILES string of the molecule is O=C(NC1CCCNC1)C1CCC(C(F)(F)F)NC1=O. The molecule has 0 aliphatic carbocycles. The monoisotopic (exact) mass is 293 g/mol. The molecule has 5 nitrogen and oxygen atoms in total. The van der Waals surface area contributed by atoms with E-state index in [1.54, 1.807) is 0 Å². The first-order valence-corrected chi connectivity index (χ1v) is 6.76. The largest absolute Gasteiger partial charge is 0.408 e. The first-order valence-electron chi connectivity index (χ1n) is 6.76. The van der Waals surface area contributed by atoms with Crippen LogP contribution in [0, 0.1) is 5.92 Å². The number of hydrogen-bond donors (Lipinski definition) is 3. The number of halogens is 3. The van der Waals surface area contributed by atoms with E-state index in [4.69, 9.17) is 0 Å². The minimum atomic E-state index is -4.45. The van der Waals surface area contributed by atoms with Gasteiger partial charge in [-0.15, -0.1) is 0 Å². The number of carbonyl (C=O) groups is 2. The van der Waals surface area contributed by atoms with Crippen LogP contribution in [0.2, 0.25) is 0 Å². The highest BCUT2D eigenvalue weighted by Crippen LogP contribution is 2.28. The first-order chi connectivity index (χ1) is 9.38. The number of amides is 2. The van der Waals surface area contributed by atoms with Crippen LogP contribution in [0.5, 0.6) is 0 Å². The summed E-state index contributed by atoms with van der Waals surface area (Å²) in [6.45, 7) is 1.52. The molecule has 2 heterocycles. The summed E-state index contributed by atoms with van der Waals surface area (Å²) in [5.74, 6) is -2.33. The number of hydrogen-bond acceptors (Lipinski definition) is 3. The van der Waals surface area contributed by atoms with Gasteiger partial charge in [0.2, 0.25) is 11.8 Å². The van der Waals surface area contributed by atoms with Gasteiger partial charge in [0.05, 0.1) is 0 Å². The highest BCUT2D eigenvalue weighted by Gasteiger charge is 2.46. The molecule has 2 aliphatic rings. The maximum absolute atomic E-state index is 12.5. The average Bonchev–Trinajstić information content (AvgIpc) is 2.38. The fourth-order valence-corrected chi connectivity index (χ4v) is 2.58. The smallest absolute Gasteiger partial charge is 0.351 e. The maximum atomic E-state index is 12.5. The molecule has 0 radical (unpaired) electrons. The van der Waals surface area contributed by atoms with Crippen LogP contribution >= 0.6 is 0 Å². The fraction of sp³-hybridized carbons (Fsp3) is 0.833. The zero-order valence-electron chi connectivity index (χ0n) is 10.9. The molecular formula is C12H18F3N3O2. The van der Waals surface area contributed by atoms with Crippen molar-refractivity contribution in [3.63, 3.8) is 0 Å². The van der Waals surface area contributed by atoms with Gasteiger partial charge >= 0.3 is 6.18 Å². The lowest BCUT2D eigenvalue weighted by Gasteiger charge is -2.31. The Morgan fingerprint density at radius 2 is 2.00 bits per heavy atom. The Hall–Kier alpha value is -1.31. The zero-order chi connectivity index (χ0) is 14.8. The van der Waals surface area contributed by atoms with Crippen molar-refractivity contribution in [3.8, 4) is 0 Å². The minimum absolute atomic E-state index is 0.0515. The molecule has 3 N–H and O–H groups in total. The Balaban J connectivity index is 1.87. The van der Waals surface area contributed by atoms with Crippen LogP contribution in [0.25, 0.3) is 0 Å². The highest BCUT2D eigenvalue weighted by atomic mass is 19.4. The van der Waals surface area contributed by atoms with Crippen LogP contribution in [0.15, 0.2) is 0 Å². The number of nitrogens with one attached hydrogen (secondary N) is 3. The molecule has 0 aromatic rings. The second kappa shape index (κ2) is 5.99. The van der Waals surface area contributed by atoms with Crippen molar-refractivity contribution in [1.29, 1.82) is 0 Å². The van der Waals surface area contributed by atoms with Crippen molar-refractivity contribution in [2.75, 3.05) is 13.1 Å². The average molecular weight is 293 g/mol. The molecule has 2 fully saturated rings. The van der Waals surface area contributed by atoms with E-state index < -0.39 is 30.0 Å². The molecule has 0 aromatic carbocycles. The van der Waals surface area contributed by atoms with Gasteiger partial charge in [0, 0.05) is 12.6 Å². The van der Waals surface area contributed by atoms with Gasteiger partial charge < -0.3 is 16.0 Å². The third-order valence-corrected chi connectivity index (χ3v) is 3.73. The summed E-state index contributed by atoms with van der Waals surface area (Å²) in [6.07, 6.45) is -3.03. The Kier molecular flexibility index (Phi) is 4.52. The Bertz CT molecular complexity index is 381. The molecule has 2 rings (SSSR count). The summed E-state index contributed by atoms with van der Waals surface area (Å²) in [7, 11) is 0. The van der Waals surface area contributed by atoms with Crippen molar-refractivity contribution in [2.45, 2.75) is 43.9 Å². The lowest BCUT2D eigenvalue weighted by molar-refractivity contribution is -0.171. The molecule has 8 heteroatoms. The van der Waals surface area contributed by atoms with Gasteiger partial charge in [0.1, 0.15) is 12.0 Å². The maximum Gasteiger partial charge on any atom is 0.408 e. The van der Waals surface area contributed by atoms with E-state index in [0.717, 1.165) is 19.4 Å². The van der Waals surface area contributed by atoms with Crippen LogP contribution in [0.3, 0.4) is 0 Å². The topological polar surface area (TPSA) is 70.2 Å². The molecule has 2 amide bonds. The molecule has 114 valence electrons. The molecule has 0 aromatic heterocycles. The van der Waals surface area contributed by atoms with Crippen LogP contribution in [0.1, 0.15) is 25.7 Å². The van der Waals surface area contributed by atoms with E-state index in [-0.39, 0.29) is 18.9 Å². The summed E-state index contributed by atoms with van der Waals surface area (Å²) in [6, 6.07) is -1.89. The quantitative estimate of drug-likeness (QED) is 0.642. The molecular weight excluding hydrogens is 275 g/mol. The fourth-order valence-electron chi connectivity index (χ4n) is 2.58. The first kappa shape index (κ1) is 15.1. The molecule has 2 saturated heterocycles. The van der Waals surface area contributed by atoms with E-state index in [0.29, 0.717) is 6.54 Å². The van der Waals surface area contributed by atoms with Crippen LogP contribution in [0.4, 0.5) is 13.2 Å². The number of rotatable bonds is 2. The zero-order valence-corrected chi connectivity index (χ0v) is 10.9. The molecule has 20 heavy (non-hydrogen) atoms. The lowest BCUT2D eigenvalue weighted by Crippen LogP contribution is -2.56. The second-order valence-electron chi connectivity index (χ2n) is 5.28. The van der Waals surface area contributed by atoms with E-state index >= 15 is 0 Å². The van der Waals surface area contributed by atoms with E-state index in [1.165, 1.54) is 0 Å². The standard InChI is InChI=1S/C12H18F3N3O2/c13-12(14,15)9-4-3-8(11(20)18-9)10(19)17-7-2-1-5-16-6-7/h7-9,16H,1-6H2,(H,17,19)(H,18,20). The normalized spacial score (nSPS) is 31.6. The summed E-state index contributed by atoms with van der Waals surface area (Å²) >= 11 is 0. The number of piperidine rings is 2. The number of carbonyl (C=O) groups excluding carboxylic acids is 2. The summed E-state index contributed by atoms with van der Waals surface area (Å²) < 4.78 is 37.5. The van der Waals surface area contributed by atoms with Crippen LogP contribution in [-0.2, 0) is 9.59 Å². The van der Waals surface area contributed by atoms with E-state index in [1.807, 2.05) is 5.32 Å². The lowest BCUT2D eigenvalue weighted by atomic mass is 9.92. The van der Waals surface area contributed by atoms with E-state index in [2.05, 4.69) is 10.6 Å². The Morgan fingerprint density at radius 3 is 2.55 bits per heavy atom. The van der Waals surface area contributed by atoms with Gasteiger partial charge in [-0.3, -0.25) is 9.59 Å². The van der Waals surface area contributed by atoms with Gasteiger partial charge in [-0.2, -0.15) is 13.2 Å². The molecule has 0 bridgehead atoms. The summed E-state index contributed by atoms with van der Waals surface area (Å²) in [5, 5.41) is 7.73. The van der Waals surface area contributed by atoms with Gasteiger partial charge in [-0.05, 0) is 32.2 Å². The minimum Gasteiger partial charge on any atom is -0.351 e. The summed E-state index contributed by atoms with van der Waals surface area (Å²) in [5.41, 5.74) is 0. The summed E-state index contributed by atoms with van der Waals surface area (Å²) in [4.78, 5) is 23.6. The van der Waals surface area contributed by atoms with Gasteiger partial charge in [0.15, 0.2) is 0 Å². The van der Waals surface area contributed by atoms with Gasteiger partial charge in [0.25, 0.3) is 0 Å². The van der Waals surface area contributed by atoms with Crippen molar-refractivity contribution in [2.24, 2.45) is 5.92 Å². The molecule has 3 unspecified atom stereocenters. The van der Waals surface area contributed by atoms with Gasteiger partial charge in [-0.25, -0.2) is 0 Å². The molecule has 3 atom stereocenters. The van der Waals surface area contributed by atoms with Gasteiger partial charge in [-0.1, -0.05) is 0 Å². The predicted molar refractivity (Wildman–Crippen MR) is 64.7 cm³/mol. The number of alkyl halides is 3. The molecule has 0 spiro atoms. The van der Waals surface area contributed by atoms with Crippen molar-refractivity contribution in [3.05, 3.63) is 0 Å². The Morgan fingerprint density at radius 1 is 1.25 bits per heavy atom. The van der Waals surface area contributed by atoms with Crippen LogP contribution < -0.4 is 16.0 Å². The molecule has 2 aliphatic heterocycles. The predicted octanol–water partition coefficient (Wildman–Crippen LogP) is 0.312. The van der Waals surface area contributed by atoms with Crippen molar-refractivity contribution in [1.82, 2.24) is 16.0 Å². The second-order valence-corrected chi connectivity index (χ2v) is 5.28. The van der Waals surface area contributed by atoms with E-state index in [9.17, 15) is 22.8 Å².